The second kappa shape index (κ2) is 20.4. The summed E-state index contributed by atoms with van der Waals surface area (Å²) in [7, 11) is 2.50. The first-order valence-corrected chi connectivity index (χ1v) is 22.2. The zero-order valence-electron chi connectivity index (χ0n) is 38.7. The number of anilines is 2. The Balaban J connectivity index is 1.26. The van der Waals surface area contributed by atoms with E-state index >= 15 is 0 Å². The molecule has 6 rings (SSSR count). The molecule has 16 nitrogen and oxygen atoms in total. The fourth-order valence-electron chi connectivity index (χ4n) is 8.39. The highest BCUT2D eigenvalue weighted by atomic mass is 16.5. The van der Waals surface area contributed by atoms with Crippen LogP contribution in [0.4, 0.5) is 21.0 Å². The molecule has 3 heterocycles. The first-order valence-electron chi connectivity index (χ1n) is 22.2. The summed E-state index contributed by atoms with van der Waals surface area (Å²) < 4.78 is 9.51. The number of hydrogen-bond donors (Lipinski definition) is 5. The third kappa shape index (κ3) is 11.2. The fraction of sp³-hybridized carbons (Fsp3) is 0.449. The molecule has 2 aliphatic heterocycles. The van der Waals surface area contributed by atoms with E-state index in [1.54, 1.807) is 29.3 Å². The molecule has 4 aromatic rings. The molecule has 2 saturated heterocycles. The number of likely N-dealkylation sites (tertiary alicyclic amines) is 2. The molecule has 346 valence electrons. The van der Waals surface area contributed by atoms with Gasteiger partial charge in [0.2, 0.25) is 17.7 Å². The molecule has 2 fully saturated rings. The molecular weight excluding hydrogens is 829 g/mol. The number of H-pyrrole nitrogens is 1. The Morgan fingerprint density at radius 2 is 1.25 bits per heavy atom. The highest BCUT2D eigenvalue weighted by molar-refractivity contribution is 6.09. The summed E-state index contributed by atoms with van der Waals surface area (Å²) in [6.45, 7) is 14.7. The Morgan fingerprint density at radius 1 is 0.708 bits per heavy atom. The number of carbonyl (C=O) groups excluding carboxylic acids is 6. The lowest BCUT2D eigenvalue weighted by molar-refractivity contribution is -0.139. The van der Waals surface area contributed by atoms with Crippen LogP contribution in [0.2, 0.25) is 0 Å². The van der Waals surface area contributed by atoms with E-state index in [1.165, 1.54) is 19.1 Å². The van der Waals surface area contributed by atoms with Crippen LogP contribution >= 0.6 is 0 Å². The normalized spacial score (nSPS) is 17.1. The number of alkyl carbamates (subject to hydrolysis) is 2. The summed E-state index contributed by atoms with van der Waals surface area (Å²) in [5, 5.41) is 11.3. The Hall–Kier alpha value is -6.71. The monoisotopic (exact) mass is 890 g/mol. The van der Waals surface area contributed by atoms with Crippen LogP contribution < -0.4 is 21.3 Å². The van der Waals surface area contributed by atoms with Crippen molar-refractivity contribution < 1.29 is 38.2 Å². The van der Waals surface area contributed by atoms with Gasteiger partial charge in [0, 0.05) is 35.6 Å². The van der Waals surface area contributed by atoms with Gasteiger partial charge in [-0.3, -0.25) is 19.2 Å². The quantitative estimate of drug-likeness (QED) is 0.0893. The van der Waals surface area contributed by atoms with Crippen molar-refractivity contribution in [2.24, 2.45) is 11.8 Å². The molecule has 5 N–H and O–H groups in total. The first-order chi connectivity index (χ1) is 30.9. The van der Waals surface area contributed by atoms with Crippen LogP contribution in [-0.4, -0.2) is 101 Å². The highest BCUT2D eigenvalue weighted by Gasteiger charge is 2.40. The van der Waals surface area contributed by atoms with Crippen molar-refractivity contribution in [2.45, 2.75) is 104 Å². The highest BCUT2D eigenvalue weighted by Crippen LogP contribution is 2.35. The van der Waals surface area contributed by atoms with Crippen molar-refractivity contribution in [3.8, 4) is 22.4 Å². The van der Waals surface area contributed by atoms with Crippen molar-refractivity contribution in [3.05, 3.63) is 89.9 Å². The van der Waals surface area contributed by atoms with Gasteiger partial charge in [0.05, 0.1) is 32.2 Å². The Labute approximate surface area is 380 Å². The number of ether oxygens (including phenoxy) is 2. The third-order valence-electron chi connectivity index (χ3n) is 12.1. The first kappa shape index (κ1) is 47.8. The van der Waals surface area contributed by atoms with Crippen LogP contribution in [-0.2, 0) is 29.3 Å². The molecule has 0 radical (unpaired) electrons. The molecule has 0 spiro atoms. The van der Waals surface area contributed by atoms with E-state index in [9.17, 15) is 28.8 Å². The summed E-state index contributed by atoms with van der Waals surface area (Å²) in [5.74, 6) is -1.03. The maximum absolute atomic E-state index is 14.3. The average Bonchev–Trinajstić information content (AvgIpc) is 4.09. The van der Waals surface area contributed by atoms with Crippen molar-refractivity contribution in [1.29, 1.82) is 0 Å². The second-order valence-corrected chi connectivity index (χ2v) is 18.4. The molecule has 2 aliphatic rings. The Morgan fingerprint density at radius 3 is 1.83 bits per heavy atom. The van der Waals surface area contributed by atoms with Gasteiger partial charge >= 0.3 is 12.2 Å². The lowest BCUT2D eigenvalue weighted by atomic mass is 9.87. The number of benzene rings is 3. The lowest BCUT2D eigenvalue weighted by Gasteiger charge is -2.30. The van der Waals surface area contributed by atoms with Crippen molar-refractivity contribution in [2.75, 3.05) is 37.9 Å². The molecule has 3 aromatic carbocycles. The largest absolute Gasteiger partial charge is 0.453 e. The van der Waals surface area contributed by atoms with Crippen molar-refractivity contribution in [1.82, 2.24) is 30.4 Å². The van der Waals surface area contributed by atoms with Crippen molar-refractivity contribution in [3.63, 3.8) is 0 Å². The summed E-state index contributed by atoms with van der Waals surface area (Å²) in [5.41, 5.74) is 5.32. The molecule has 16 heteroatoms. The molecule has 65 heavy (non-hydrogen) atoms. The number of aromatic amines is 1. The van der Waals surface area contributed by atoms with Gasteiger partial charge in [0.25, 0.3) is 5.91 Å². The number of imidazole rings is 1. The number of hydrogen-bond acceptors (Lipinski definition) is 9. The third-order valence-corrected chi connectivity index (χ3v) is 12.1. The minimum Gasteiger partial charge on any atom is -0.453 e. The predicted molar refractivity (Wildman–Crippen MR) is 248 cm³/mol. The number of aromatic nitrogens is 2. The van der Waals surface area contributed by atoms with E-state index in [0.717, 1.165) is 17.5 Å². The van der Waals surface area contributed by atoms with E-state index in [2.05, 4.69) is 47.0 Å². The van der Waals surface area contributed by atoms with Crippen molar-refractivity contribution >= 4 is 47.2 Å². The second-order valence-electron chi connectivity index (χ2n) is 18.4. The van der Waals surface area contributed by atoms with E-state index in [0.29, 0.717) is 71.9 Å². The van der Waals surface area contributed by atoms with Crippen LogP contribution in [0.3, 0.4) is 0 Å². The van der Waals surface area contributed by atoms with Gasteiger partial charge in [-0.25, -0.2) is 14.6 Å². The van der Waals surface area contributed by atoms with Crippen LogP contribution in [0.1, 0.15) is 102 Å². The smallest absolute Gasteiger partial charge is 0.407 e. The van der Waals surface area contributed by atoms with Gasteiger partial charge in [-0.15, -0.1) is 0 Å². The summed E-state index contributed by atoms with van der Waals surface area (Å²) in [6, 6.07) is 17.8. The van der Waals surface area contributed by atoms with Gasteiger partial charge in [-0.2, -0.15) is 0 Å². The van der Waals surface area contributed by atoms with E-state index < -0.39 is 30.3 Å². The maximum Gasteiger partial charge on any atom is 0.407 e. The standard InChI is InChI=1S/C49H62N8O8/c1-28(2)40(54-47(62)64-8)45(60)56-24-10-12-38(56)42-50-27-37(53-42)31-16-23-35(36(26-31)43(58)51-34-21-17-32(18-22-34)49(5,6)7)30-14-19-33(20-15-30)52-44(59)39-13-11-25-57(39)46(61)41(29(3)4)55-48(63)65-9/h14-23,26-29,38-41H,10-13,24-25H2,1-9H3,(H,50,53)(H,51,58)(H,52,59)(H,54,62)(H,55,63). The number of nitrogens with one attached hydrogen (secondary N) is 5. The number of carbonyl (C=O) groups is 6. The molecule has 6 amide bonds. The Bertz CT molecular complexity index is 2370. The number of rotatable bonds is 13. The van der Waals surface area contributed by atoms with Gasteiger partial charge in [-0.05, 0) is 90.0 Å². The molecule has 0 bridgehead atoms. The van der Waals surface area contributed by atoms with E-state index in [1.807, 2.05) is 76.2 Å². The van der Waals surface area contributed by atoms with E-state index in [4.69, 9.17) is 14.5 Å². The van der Waals surface area contributed by atoms with Gasteiger partial charge in [0.1, 0.15) is 23.9 Å². The summed E-state index contributed by atoms with van der Waals surface area (Å²) in [4.78, 5) is 90.8. The van der Waals surface area contributed by atoms with Crippen LogP contribution in [0.25, 0.3) is 22.4 Å². The molecule has 1 aromatic heterocycles. The number of methoxy groups -OCH3 is 2. The van der Waals surface area contributed by atoms with E-state index in [-0.39, 0.29) is 46.9 Å². The number of amides is 6. The molecule has 0 saturated carbocycles. The molecule has 0 aliphatic carbocycles. The molecule has 4 atom stereocenters. The summed E-state index contributed by atoms with van der Waals surface area (Å²) in [6.07, 6.45) is 2.87. The van der Waals surface area contributed by atoms with Gasteiger partial charge in [0.15, 0.2) is 0 Å². The number of nitrogens with zero attached hydrogens (tertiary/aromatic N) is 3. The lowest BCUT2D eigenvalue weighted by Crippen LogP contribution is -2.54. The predicted octanol–water partition coefficient (Wildman–Crippen LogP) is 7.65. The SMILES string of the molecule is COC(=O)NC(C(=O)N1CCCC1C(=O)Nc1ccc(-c2ccc(-c3cnc(C4CCCN4C(=O)C(NC(=O)OC)C(C)C)[nH]3)cc2C(=O)Nc2ccc(C(C)(C)C)cc2)cc1)C(C)C. The minimum atomic E-state index is -0.847. The summed E-state index contributed by atoms with van der Waals surface area (Å²) >= 11 is 0. The fourth-order valence-corrected chi connectivity index (χ4v) is 8.39. The minimum absolute atomic E-state index is 0.0640. The maximum atomic E-state index is 14.3. The van der Waals surface area contributed by atoms with Crippen LogP contribution in [0, 0.1) is 11.8 Å². The topological polar surface area (TPSA) is 204 Å². The average molecular weight is 891 g/mol. The van der Waals surface area contributed by atoms with Crippen LogP contribution in [0.15, 0.2) is 72.9 Å². The molecule has 4 unspecified atom stereocenters. The Kier molecular flexibility index (Phi) is 15.0. The van der Waals surface area contributed by atoms with Gasteiger partial charge < -0.3 is 45.5 Å². The molecular formula is C49H62N8O8. The zero-order valence-corrected chi connectivity index (χ0v) is 38.7. The van der Waals surface area contributed by atoms with Gasteiger partial charge in [-0.1, -0.05) is 84.9 Å². The zero-order chi connectivity index (χ0) is 47.2. The van der Waals surface area contributed by atoms with Crippen LogP contribution in [0.5, 0.6) is 0 Å².